The van der Waals surface area contributed by atoms with Crippen LogP contribution in [0.25, 0.3) is 17.4 Å². The van der Waals surface area contributed by atoms with Gasteiger partial charge in [0.2, 0.25) is 0 Å². The molecule has 2 heterocycles. The number of benzene rings is 1. The molecule has 0 fully saturated rings. The van der Waals surface area contributed by atoms with Crippen LogP contribution in [0.15, 0.2) is 57.5 Å². The number of alkyl halides is 3. The maximum absolute atomic E-state index is 12.9. The lowest BCUT2D eigenvalue weighted by Gasteiger charge is -2.23. The molecule has 5 nitrogen and oxygen atoms in total. The second-order valence-corrected chi connectivity index (χ2v) is 6.12. The fourth-order valence-corrected chi connectivity index (χ4v) is 2.77. The Morgan fingerprint density at radius 3 is 2.50 bits per heavy atom. The lowest BCUT2D eigenvalue weighted by Crippen LogP contribution is -2.39. The summed E-state index contributed by atoms with van der Waals surface area (Å²) in [6.07, 6.45) is -3.12. The number of likely N-dealkylation sites (N-methyl/N-ethyl adjacent to an activating group) is 1. The predicted octanol–water partition coefficient (Wildman–Crippen LogP) is 4.19. The van der Waals surface area contributed by atoms with Gasteiger partial charge in [-0.15, -0.1) is 0 Å². The van der Waals surface area contributed by atoms with Gasteiger partial charge < -0.3 is 4.42 Å². The summed E-state index contributed by atoms with van der Waals surface area (Å²) in [7, 11) is 1.26. The van der Waals surface area contributed by atoms with E-state index in [4.69, 9.17) is 9.68 Å². The van der Waals surface area contributed by atoms with E-state index >= 15 is 0 Å². The largest absolute Gasteiger partial charge is 0.457 e. The number of carbonyl (C=O) groups is 2. The van der Waals surface area contributed by atoms with Gasteiger partial charge in [0, 0.05) is 18.2 Å². The average Bonchev–Trinajstić information content (AvgIpc) is 3.12. The third kappa shape index (κ3) is 3.34. The molecule has 2 amide bonds. The molecule has 0 radical (unpaired) electrons. The summed E-state index contributed by atoms with van der Waals surface area (Å²) in [5.41, 5.74) is -0.415. The van der Waals surface area contributed by atoms with Crippen molar-refractivity contribution in [1.29, 1.82) is 5.26 Å². The first-order chi connectivity index (χ1) is 13.1. The van der Waals surface area contributed by atoms with Gasteiger partial charge in [-0.2, -0.15) is 18.4 Å². The molecule has 1 aromatic heterocycles. The van der Waals surface area contributed by atoms with Crippen LogP contribution in [-0.2, 0) is 15.8 Å². The highest BCUT2D eigenvalue weighted by Gasteiger charge is 2.33. The molecule has 1 aliphatic heterocycles. The predicted molar refractivity (Wildman–Crippen MR) is 93.2 cm³/mol. The lowest BCUT2D eigenvalue weighted by molar-refractivity contribution is -0.139. The minimum atomic E-state index is -4.48. The Labute approximate surface area is 158 Å². The van der Waals surface area contributed by atoms with E-state index in [0.717, 1.165) is 17.0 Å². The molecule has 3 rings (SSSR count). The molecule has 0 bridgehead atoms. The molecule has 0 saturated carbocycles. The molecule has 1 aromatic carbocycles. The third-order valence-corrected chi connectivity index (χ3v) is 4.33. The van der Waals surface area contributed by atoms with Gasteiger partial charge in [0.1, 0.15) is 23.2 Å². The molecule has 1 aliphatic rings. The van der Waals surface area contributed by atoms with E-state index in [-0.39, 0.29) is 33.8 Å². The Morgan fingerprint density at radius 1 is 1.14 bits per heavy atom. The fraction of sp³-hybridized carbons (Fsp3) is 0.150. The van der Waals surface area contributed by atoms with Gasteiger partial charge in [-0.3, -0.25) is 14.5 Å². The zero-order chi connectivity index (χ0) is 20.6. The highest BCUT2D eigenvalue weighted by atomic mass is 19.4. The second-order valence-electron chi connectivity index (χ2n) is 6.12. The molecular formula is C20H13F3N2O3. The van der Waals surface area contributed by atoms with Crippen molar-refractivity contribution < 1.29 is 27.2 Å². The van der Waals surface area contributed by atoms with Gasteiger partial charge >= 0.3 is 6.18 Å². The molecule has 0 unspecified atom stereocenters. The standard InChI is InChI=1S/C20H13F3N2O3/c1-11-15(18(26)25(2)19(27)16(11)10-24)9-14-6-7-17(28-14)12-4-3-5-13(8-12)20(21,22)23/h3-9H,1-2H3. The van der Waals surface area contributed by atoms with Crippen molar-refractivity contribution in [1.82, 2.24) is 4.90 Å². The molecule has 8 heteroatoms. The van der Waals surface area contributed by atoms with Crippen LogP contribution in [0.2, 0.25) is 0 Å². The molecule has 0 aliphatic carbocycles. The van der Waals surface area contributed by atoms with Gasteiger partial charge in [-0.1, -0.05) is 12.1 Å². The third-order valence-electron chi connectivity index (χ3n) is 4.33. The number of hydrogen-bond donors (Lipinski definition) is 0. The Balaban J connectivity index is 2.01. The zero-order valence-electron chi connectivity index (χ0n) is 14.8. The number of amides is 2. The van der Waals surface area contributed by atoms with Crippen molar-refractivity contribution in [2.24, 2.45) is 0 Å². The monoisotopic (exact) mass is 386 g/mol. The van der Waals surface area contributed by atoms with E-state index in [0.29, 0.717) is 0 Å². The first-order valence-electron chi connectivity index (χ1n) is 8.06. The molecule has 2 aromatic rings. The molecular weight excluding hydrogens is 373 g/mol. The first kappa shape index (κ1) is 19.2. The van der Waals surface area contributed by atoms with Gasteiger partial charge in [-0.05, 0) is 42.8 Å². The van der Waals surface area contributed by atoms with Crippen molar-refractivity contribution >= 4 is 17.9 Å². The number of furan rings is 1. The normalized spacial score (nSPS) is 16.7. The maximum Gasteiger partial charge on any atom is 0.416 e. The van der Waals surface area contributed by atoms with Crippen molar-refractivity contribution in [2.45, 2.75) is 13.1 Å². The molecule has 0 spiro atoms. The van der Waals surface area contributed by atoms with Crippen molar-refractivity contribution in [3.8, 4) is 17.4 Å². The average molecular weight is 386 g/mol. The zero-order valence-corrected chi connectivity index (χ0v) is 14.8. The Morgan fingerprint density at radius 2 is 1.86 bits per heavy atom. The van der Waals surface area contributed by atoms with Gasteiger partial charge in [-0.25, -0.2) is 0 Å². The summed E-state index contributed by atoms with van der Waals surface area (Å²) in [6, 6.07) is 9.42. The van der Waals surface area contributed by atoms with E-state index in [1.54, 1.807) is 6.07 Å². The summed E-state index contributed by atoms with van der Waals surface area (Å²) in [4.78, 5) is 25.2. The topological polar surface area (TPSA) is 74.3 Å². The van der Waals surface area contributed by atoms with Gasteiger partial charge in [0.25, 0.3) is 11.8 Å². The van der Waals surface area contributed by atoms with Crippen LogP contribution in [0.5, 0.6) is 0 Å². The van der Waals surface area contributed by atoms with Crippen molar-refractivity contribution in [3.63, 3.8) is 0 Å². The summed E-state index contributed by atoms with van der Waals surface area (Å²) < 4.78 is 44.2. The minimum Gasteiger partial charge on any atom is -0.457 e. The van der Waals surface area contributed by atoms with Crippen LogP contribution in [0.3, 0.4) is 0 Å². The van der Waals surface area contributed by atoms with Gasteiger partial charge in [0.15, 0.2) is 0 Å². The minimum absolute atomic E-state index is 0.101. The fourth-order valence-electron chi connectivity index (χ4n) is 2.77. The number of rotatable bonds is 2. The summed E-state index contributed by atoms with van der Waals surface area (Å²) >= 11 is 0. The van der Waals surface area contributed by atoms with Gasteiger partial charge in [0.05, 0.1) is 5.56 Å². The summed E-state index contributed by atoms with van der Waals surface area (Å²) in [5, 5.41) is 9.16. The first-order valence-corrected chi connectivity index (χ1v) is 8.06. The number of carbonyl (C=O) groups excluding carboxylic acids is 2. The van der Waals surface area contributed by atoms with Crippen molar-refractivity contribution in [3.05, 3.63) is 64.4 Å². The summed E-state index contributed by atoms with van der Waals surface area (Å²) in [5.74, 6) is -0.896. The van der Waals surface area contributed by atoms with Crippen LogP contribution >= 0.6 is 0 Å². The smallest absolute Gasteiger partial charge is 0.416 e. The highest BCUT2D eigenvalue weighted by Crippen LogP contribution is 2.33. The van der Waals surface area contributed by atoms with Crippen LogP contribution < -0.4 is 0 Å². The second kappa shape index (κ2) is 6.85. The van der Waals surface area contributed by atoms with E-state index < -0.39 is 23.6 Å². The Hall–Kier alpha value is -3.60. The molecule has 142 valence electrons. The maximum atomic E-state index is 12.9. The van der Waals surface area contributed by atoms with E-state index in [1.807, 2.05) is 0 Å². The Bertz CT molecular complexity index is 1080. The number of nitriles is 1. The lowest BCUT2D eigenvalue weighted by atomic mass is 9.95. The molecule has 0 atom stereocenters. The number of halogens is 3. The molecule has 0 saturated heterocycles. The van der Waals surface area contributed by atoms with E-state index in [9.17, 15) is 22.8 Å². The van der Waals surface area contributed by atoms with Crippen LogP contribution in [-0.4, -0.2) is 23.8 Å². The van der Waals surface area contributed by atoms with E-state index in [1.165, 1.54) is 44.3 Å². The number of imide groups is 1. The number of hydrogen-bond acceptors (Lipinski definition) is 4. The van der Waals surface area contributed by atoms with Crippen molar-refractivity contribution in [2.75, 3.05) is 7.05 Å². The quantitative estimate of drug-likeness (QED) is 0.573. The molecule has 0 N–H and O–H groups in total. The van der Waals surface area contributed by atoms with Crippen LogP contribution in [0.1, 0.15) is 18.2 Å². The van der Waals surface area contributed by atoms with Crippen LogP contribution in [0.4, 0.5) is 13.2 Å². The SMILES string of the molecule is CC1=C(C#N)C(=O)N(C)C(=O)C1=Cc1ccc(-c2cccc(C(F)(F)F)c2)o1. The highest BCUT2D eigenvalue weighted by molar-refractivity contribution is 6.19. The van der Waals surface area contributed by atoms with Crippen LogP contribution in [0, 0.1) is 11.3 Å². The summed E-state index contributed by atoms with van der Waals surface area (Å²) in [6.45, 7) is 1.48. The molecule has 28 heavy (non-hydrogen) atoms. The number of nitrogens with zero attached hydrogens (tertiary/aromatic N) is 2. The van der Waals surface area contributed by atoms with E-state index in [2.05, 4.69) is 0 Å². The Kier molecular flexibility index (Phi) is 4.69.